The summed E-state index contributed by atoms with van der Waals surface area (Å²) in [7, 11) is 0. The fraction of sp³-hybridized carbons (Fsp3) is 0. The van der Waals surface area contributed by atoms with Gasteiger partial charge in [0.2, 0.25) is 0 Å². The van der Waals surface area contributed by atoms with Crippen LogP contribution < -0.4 is 0 Å². The largest absolute Gasteiger partial charge is 0.292 e. The number of nitrogens with zero attached hydrogens (tertiary/aromatic N) is 2. The Hall–Kier alpha value is -7.81. The Morgan fingerprint density at radius 2 is 0.797 bits per heavy atom. The van der Waals surface area contributed by atoms with Crippen LogP contribution in [0, 0.1) is 0 Å². The third kappa shape index (κ3) is 5.38. The molecule has 0 bridgehead atoms. The molecular formula is C57H36N2. The molecule has 1 aromatic heterocycles. The fourth-order valence-electron chi connectivity index (χ4n) is 9.46. The van der Waals surface area contributed by atoms with E-state index in [0.717, 1.165) is 33.7 Å². The lowest BCUT2D eigenvalue weighted by Gasteiger charge is -2.18. The molecule has 1 heterocycles. The molecule has 0 amide bonds. The minimum absolute atomic E-state index is 0.916. The number of benzene rings is 11. The summed E-state index contributed by atoms with van der Waals surface area (Å²) in [6, 6.07) is 79.4. The second-order valence-electron chi connectivity index (χ2n) is 15.5. The highest BCUT2D eigenvalue weighted by Gasteiger charge is 2.20. The van der Waals surface area contributed by atoms with Crippen molar-refractivity contribution < 1.29 is 0 Å². The quantitative estimate of drug-likeness (QED) is 0.127. The summed E-state index contributed by atoms with van der Waals surface area (Å²) in [5.74, 6) is 0.916. The number of fused-ring (bicyclic) bond motifs is 7. The molecule has 12 rings (SSSR count). The maximum absolute atomic E-state index is 5.46. The van der Waals surface area contributed by atoms with Crippen LogP contribution in [0.25, 0.3) is 115 Å². The molecule has 0 unspecified atom stereocenters. The average molecular weight is 749 g/mol. The van der Waals surface area contributed by atoms with Gasteiger partial charge in [-0.2, -0.15) is 0 Å². The Morgan fingerprint density at radius 1 is 0.305 bits per heavy atom. The topological polar surface area (TPSA) is 17.8 Å². The summed E-state index contributed by atoms with van der Waals surface area (Å²) in [5.41, 5.74) is 11.5. The van der Waals surface area contributed by atoms with Crippen molar-refractivity contribution in [2.75, 3.05) is 0 Å². The molecule has 0 aliphatic rings. The lowest BCUT2D eigenvalue weighted by Crippen LogP contribution is -1.97. The molecule has 0 atom stereocenters. The minimum Gasteiger partial charge on any atom is -0.292 e. The maximum Gasteiger partial charge on any atom is 0.145 e. The predicted octanol–water partition coefficient (Wildman–Crippen LogP) is 15.5. The van der Waals surface area contributed by atoms with Gasteiger partial charge >= 0.3 is 0 Å². The molecule has 0 radical (unpaired) electrons. The van der Waals surface area contributed by atoms with Gasteiger partial charge in [0.1, 0.15) is 5.82 Å². The van der Waals surface area contributed by atoms with E-state index in [1.54, 1.807) is 0 Å². The van der Waals surface area contributed by atoms with Crippen molar-refractivity contribution in [3.8, 4) is 50.5 Å². The van der Waals surface area contributed by atoms with E-state index in [0.29, 0.717) is 0 Å². The van der Waals surface area contributed by atoms with Crippen LogP contribution in [-0.2, 0) is 0 Å². The fourth-order valence-corrected chi connectivity index (χ4v) is 9.46. The van der Waals surface area contributed by atoms with E-state index in [2.05, 4.69) is 223 Å². The summed E-state index contributed by atoms with van der Waals surface area (Å²) in [6.07, 6.45) is 0. The van der Waals surface area contributed by atoms with Crippen molar-refractivity contribution in [3.63, 3.8) is 0 Å². The molecule has 0 fully saturated rings. The van der Waals surface area contributed by atoms with Crippen LogP contribution >= 0.6 is 0 Å². The Balaban J connectivity index is 1.03. The van der Waals surface area contributed by atoms with Gasteiger partial charge in [-0.3, -0.25) is 4.57 Å². The van der Waals surface area contributed by atoms with Gasteiger partial charge in [-0.05, 0) is 124 Å². The first-order chi connectivity index (χ1) is 29.3. The number of imidazole rings is 1. The SMILES string of the molecule is c1ccc(-n2c(-c3ccc(-c4cc5ccccc5c5ccccc45)cc3)nc3cc(-c4c5ccccc5c(-c5ccc6ccccc6c5)c5ccccc45)ccc32)cc1. The van der Waals surface area contributed by atoms with Crippen LogP contribution in [0.5, 0.6) is 0 Å². The monoisotopic (exact) mass is 748 g/mol. The first kappa shape index (κ1) is 33.3. The molecule has 12 aromatic rings. The van der Waals surface area contributed by atoms with Gasteiger partial charge in [-0.25, -0.2) is 4.98 Å². The van der Waals surface area contributed by atoms with E-state index in [1.807, 2.05) is 0 Å². The highest BCUT2D eigenvalue weighted by atomic mass is 15.1. The Kier molecular flexibility index (Phi) is 7.57. The van der Waals surface area contributed by atoms with Crippen LogP contribution in [0.2, 0.25) is 0 Å². The molecule has 0 saturated carbocycles. The zero-order valence-corrected chi connectivity index (χ0v) is 32.2. The summed E-state index contributed by atoms with van der Waals surface area (Å²) < 4.78 is 2.30. The molecule has 2 heteroatoms. The number of rotatable bonds is 5. The average Bonchev–Trinajstić information content (AvgIpc) is 3.69. The van der Waals surface area contributed by atoms with E-state index in [4.69, 9.17) is 4.98 Å². The highest BCUT2D eigenvalue weighted by Crippen LogP contribution is 2.45. The molecular weight excluding hydrogens is 713 g/mol. The van der Waals surface area contributed by atoms with Crippen molar-refractivity contribution in [1.82, 2.24) is 9.55 Å². The normalized spacial score (nSPS) is 11.7. The van der Waals surface area contributed by atoms with E-state index < -0.39 is 0 Å². The van der Waals surface area contributed by atoms with Crippen molar-refractivity contribution in [2.45, 2.75) is 0 Å². The van der Waals surface area contributed by atoms with Crippen LogP contribution in [-0.4, -0.2) is 9.55 Å². The number of para-hydroxylation sites is 1. The number of hydrogen-bond donors (Lipinski definition) is 0. The Labute approximate surface area is 341 Å². The van der Waals surface area contributed by atoms with E-state index >= 15 is 0 Å². The first-order valence-corrected chi connectivity index (χ1v) is 20.3. The molecule has 0 saturated heterocycles. The molecule has 0 spiro atoms. The first-order valence-electron chi connectivity index (χ1n) is 20.3. The molecule has 0 N–H and O–H groups in total. The summed E-state index contributed by atoms with van der Waals surface area (Å²) >= 11 is 0. The molecule has 0 aliphatic carbocycles. The van der Waals surface area contributed by atoms with Crippen molar-refractivity contribution in [2.24, 2.45) is 0 Å². The third-order valence-electron chi connectivity index (χ3n) is 12.1. The van der Waals surface area contributed by atoms with Crippen molar-refractivity contribution in [1.29, 1.82) is 0 Å². The van der Waals surface area contributed by atoms with Gasteiger partial charge in [0.15, 0.2) is 0 Å². The van der Waals surface area contributed by atoms with Gasteiger partial charge in [-0.1, -0.05) is 182 Å². The standard InChI is InChI=1S/C57H36N2/c1-2-17-44(18-3-1)59-54-33-32-43(56-50-24-12-10-22-48(50)55(49-23-11-13-25-51(49)56)42-31-26-37-14-4-5-15-40(37)34-42)36-53(54)58-57(59)39-29-27-38(28-30-39)52-35-41-16-6-7-19-45(41)46-20-8-9-21-47(46)52/h1-36H. The Bertz CT molecular complexity index is 3540. The molecule has 11 aromatic carbocycles. The lowest BCUT2D eigenvalue weighted by atomic mass is 9.85. The molecule has 274 valence electrons. The van der Waals surface area contributed by atoms with Gasteiger partial charge in [-0.15, -0.1) is 0 Å². The summed E-state index contributed by atoms with van der Waals surface area (Å²) in [4.78, 5) is 5.46. The van der Waals surface area contributed by atoms with Crippen molar-refractivity contribution in [3.05, 3.63) is 218 Å². The van der Waals surface area contributed by atoms with E-state index in [1.165, 1.54) is 81.7 Å². The predicted molar refractivity (Wildman–Crippen MR) is 250 cm³/mol. The van der Waals surface area contributed by atoms with Gasteiger partial charge in [0.05, 0.1) is 11.0 Å². The van der Waals surface area contributed by atoms with Gasteiger partial charge in [0.25, 0.3) is 0 Å². The highest BCUT2D eigenvalue weighted by molar-refractivity contribution is 6.22. The molecule has 59 heavy (non-hydrogen) atoms. The lowest BCUT2D eigenvalue weighted by molar-refractivity contribution is 1.10. The smallest absolute Gasteiger partial charge is 0.145 e. The third-order valence-corrected chi connectivity index (χ3v) is 12.1. The van der Waals surface area contributed by atoms with Crippen LogP contribution in [0.15, 0.2) is 218 Å². The Morgan fingerprint density at radius 3 is 1.47 bits per heavy atom. The number of aromatic nitrogens is 2. The molecule has 2 nitrogen and oxygen atoms in total. The molecule has 0 aliphatic heterocycles. The zero-order chi connectivity index (χ0) is 38.9. The second-order valence-corrected chi connectivity index (χ2v) is 15.5. The van der Waals surface area contributed by atoms with Gasteiger partial charge in [0, 0.05) is 11.3 Å². The van der Waals surface area contributed by atoms with E-state index in [-0.39, 0.29) is 0 Å². The van der Waals surface area contributed by atoms with E-state index in [9.17, 15) is 0 Å². The summed E-state index contributed by atoms with van der Waals surface area (Å²) in [5, 5.41) is 12.5. The van der Waals surface area contributed by atoms with Crippen molar-refractivity contribution >= 4 is 64.9 Å². The van der Waals surface area contributed by atoms with Gasteiger partial charge < -0.3 is 0 Å². The van der Waals surface area contributed by atoms with Crippen LogP contribution in [0.1, 0.15) is 0 Å². The maximum atomic E-state index is 5.46. The van der Waals surface area contributed by atoms with Crippen LogP contribution in [0.4, 0.5) is 0 Å². The number of hydrogen-bond acceptors (Lipinski definition) is 1. The second kappa shape index (κ2) is 13.4. The minimum atomic E-state index is 0.916. The zero-order valence-electron chi connectivity index (χ0n) is 32.2. The van der Waals surface area contributed by atoms with Crippen LogP contribution in [0.3, 0.4) is 0 Å². The summed E-state index contributed by atoms with van der Waals surface area (Å²) in [6.45, 7) is 0.